The molecule has 1 amide bonds. The van der Waals surface area contributed by atoms with Crippen LogP contribution in [-0.4, -0.2) is 37.6 Å². The van der Waals surface area contributed by atoms with E-state index in [-0.39, 0.29) is 17.8 Å². The summed E-state index contributed by atoms with van der Waals surface area (Å²) in [6.45, 7) is 5.11. The number of benzene rings is 1. The number of ether oxygens (including phenoxy) is 1. The van der Waals surface area contributed by atoms with Crippen LogP contribution >= 0.6 is 0 Å². The maximum absolute atomic E-state index is 12.6. The lowest BCUT2D eigenvalue weighted by Crippen LogP contribution is -3.18. The summed E-state index contributed by atoms with van der Waals surface area (Å²) in [6, 6.07) is 3.92. The van der Waals surface area contributed by atoms with E-state index in [1.807, 2.05) is 0 Å². The first-order valence-corrected chi connectivity index (χ1v) is 8.71. The molecule has 0 aliphatic carbocycles. The van der Waals surface area contributed by atoms with Crippen LogP contribution in [0.15, 0.2) is 24.3 Å². The molecule has 8 heteroatoms. The maximum Gasteiger partial charge on any atom is 0.416 e. The van der Waals surface area contributed by atoms with Gasteiger partial charge in [-0.15, -0.1) is 0 Å². The number of carbonyl (C=O) groups excluding carboxylic acids is 2. The first-order chi connectivity index (χ1) is 12.2. The van der Waals surface area contributed by atoms with E-state index in [4.69, 9.17) is 4.74 Å². The van der Waals surface area contributed by atoms with Crippen LogP contribution in [0.1, 0.15) is 32.3 Å². The van der Waals surface area contributed by atoms with Gasteiger partial charge < -0.3 is 15.0 Å². The van der Waals surface area contributed by atoms with Gasteiger partial charge in [0.05, 0.1) is 25.3 Å². The molecule has 1 aromatic rings. The highest BCUT2D eigenvalue weighted by Gasteiger charge is 2.35. The van der Waals surface area contributed by atoms with E-state index in [2.05, 4.69) is 5.32 Å². The highest BCUT2D eigenvalue weighted by atomic mass is 19.4. The lowest BCUT2D eigenvalue weighted by molar-refractivity contribution is -0.921. The highest BCUT2D eigenvalue weighted by molar-refractivity contribution is 5.93. The zero-order chi connectivity index (χ0) is 19.3. The maximum atomic E-state index is 12.6. The largest absolute Gasteiger partial charge is 0.466 e. The quantitative estimate of drug-likeness (QED) is 0.775. The molecule has 3 atom stereocenters. The SMILES string of the molecule is CCOC(=O)[C@H]1CCC[NH+]([C@@H](C)C(=O)Nc2ccc(C(F)(F)F)cc2)C1. The molecule has 0 spiro atoms. The number of likely N-dealkylation sites (tertiary alicyclic amines) is 1. The number of hydrogen-bond donors (Lipinski definition) is 2. The highest BCUT2D eigenvalue weighted by Crippen LogP contribution is 2.29. The molecular formula is C18H24F3N2O3+. The average molecular weight is 373 g/mol. The smallest absolute Gasteiger partial charge is 0.416 e. The molecule has 0 aromatic heterocycles. The monoisotopic (exact) mass is 373 g/mol. The lowest BCUT2D eigenvalue weighted by Gasteiger charge is -2.32. The van der Waals surface area contributed by atoms with Gasteiger partial charge in [0.25, 0.3) is 5.91 Å². The zero-order valence-electron chi connectivity index (χ0n) is 14.9. The number of quaternary nitrogens is 1. The number of nitrogens with one attached hydrogen (secondary N) is 2. The van der Waals surface area contributed by atoms with Crippen LogP contribution in [0.3, 0.4) is 0 Å². The molecule has 1 aliphatic rings. The Kier molecular flexibility index (Phi) is 6.63. The molecule has 1 aromatic carbocycles. The van der Waals surface area contributed by atoms with Crippen molar-refractivity contribution < 1.29 is 32.4 Å². The van der Waals surface area contributed by atoms with Crippen molar-refractivity contribution >= 4 is 17.6 Å². The molecular weight excluding hydrogens is 349 g/mol. The summed E-state index contributed by atoms with van der Waals surface area (Å²) in [7, 11) is 0. The molecule has 2 rings (SSSR count). The Bertz CT molecular complexity index is 632. The summed E-state index contributed by atoms with van der Waals surface area (Å²) in [6.07, 6.45) is -2.85. The summed E-state index contributed by atoms with van der Waals surface area (Å²) in [5, 5.41) is 2.64. The van der Waals surface area contributed by atoms with Crippen LogP contribution in [0.2, 0.25) is 0 Å². The zero-order valence-corrected chi connectivity index (χ0v) is 14.9. The third kappa shape index (κ3) is 5.20. The molecule has 0 bridgehead atoms. The van der Waals surface area contributed by atoms with Gasteiger partial charge in [0.1, 0.15) is 5.92 Å². The third-order valence-electron chi connectivity index (χ3n) is 4.66. The van der Waals surface area contributed by atoms with Gasteiger partial charge in [-0.1, -0.05) is 0 Å². The Balaban J connectivity index is 1.95. The second-order valence-electron chi connectivity index (χ2n) is 6.49. The fraction of sp³-hybridized carbons (Fsp3) is 0.556. The number of alkyl halides is 3. The van der Waals surface area contributed by atoms with E-state index in [0.717, 1.165) is 36.4 Å². The van der Waals surface area contributed by atoms with Gasteiger partial charge in [-0.2, -0.15) is 13.2 Å². The van der Waals surface area contributed by atoms with Gasteiger partial charge in [-0.3, -0.25) is 9.59 Å². The molecule has 1 unspecified atom stereocenters. The number of piperidine rings is 1. The third-order valence-corrected chi connectivity index (χ3v) is 4.66. The number of carbonyl (C=O) groups is 2. The molecule has 1 aliphatic heterocycles. The van der Waals surface area contributed by atoms with Crippen LogP contribution in [0.4, 0.5) is 18.9 Å². The van der Waals surface area contributed by atoms with Crippen molar-refractivity contribution in [2.24, 2.45) is 5.92 Å². The van der Waals surface area contributed by atoms with Crippen molar-refractivity contribution in [3.63, 3.8) is 0 Å². The molecule has 144 valence electrons. The summed E-state index contributed by atoms with van der Waals surface area (Å²) in [5.74, 6) is -0.746. The van der Waals surface area contributed by atoms with Crippen molar-refractivity contribution in [2.45, 2.75) is 38.9 Å². The number of anilines is 1. The standard InChI is InChI=1S/C18H23F3N2O3/c1-3-26-17(25)13-5-4-10-23(11-13)12(2)16(24)22-15-8-6-14(7-9-15)18(19,20)21/h6-9,12-13H,3-5,10-11H2,1-2H3,(H,22,24)/p+1/t12-,13-/m0/s1. The van der Waals surface area contributed by atoms with Crippen molar-refractivity contribution in [1.29, 1.82) is 0 Å². The molecule has 5 nitrogen and oxygen atoms in total. The van der Waals surface area contributed by atoms with Crippen molar-refractivity contribution in [3.8, 4) is 0 Å². The van der Waals surface area contributed by atoms with Crippen LogP contribution in [-0.2, 0) is 20.5 Å². The Hall–Kier alpha value is -2.09. The number of rotatable bonds is 5. The topological polar surface area (TPSA) is 59.8 Å². The summed E-state index contributed by atoms with van der Waals surface area (Å²) >= 11 is 0. The summed E-state index contributed by atoms with van der Waals surface area (Å²) in [5.41, 5.74) is -0.448. The molecule has 26 heavy (non-hydrogen) atoms. The van der Waals surface area contributed by atoms with E-state index in [1.54, 1.807) is 13.8 Å². The van der Waals surface area contributed by atoms with Gasteiger partial charge in [-0.25, -0.2) is 0 Å². The molecule has 1 saturated heterocycles. The van der Waals surface area contributed by atoms with Crippen LogP contribution in [0.5, 0.6) is 0 Å². The van der Waals surface area contributed by atoms with Crippen molar-refractivity contribution in [1.82, 2.24) is 0 Å². The summed E-state index contributed by atoms with van der Waals surface area (Å²) < 4.78 is 42.8. The Morgan fingerprint density at radius 1 is 1.31 bits per heavy atom. The normalized spacial score (nSPS) is 21.7. The van der Waals surface area contributed by atoms with Crippen LogP contribution in [0, 0.1) is 5.92 Å². The van der Waals surface area contributed by atoms with Crippen LogP contribution < -0.4 is 10.2 Å². The minimum atomic E-state index is -4.41. The first-order valence-electron chi connectivity index (χ1n) is 8.71. The molecule has 1 heterocycles. The fourth-order valence-electron chi connectivity index (χ4n) is 3.13. The number of halogens is 3. The second-order valence-corrected chi connectivity index (χ2v) is 6.49. The van der Waals surface area contributed by atoms with Crippen molar-refractivity contribution in [3.05, 3.63) is 29.8 Å². The van der Waals surface area contributed by atoms with Gasteiger partial charge in [0.15, 0.2) is 6.04 Å². The van der Waals surface area contributed by atoms with Gasteiger partial charge >= 0.3 is 12.1 Å². The van der Waals surface area contributed by atoms with Gasteiger partial charge in [-0.05, 0) is 51.0 Å². The van der Waals surface area contributed by atoms with E-state index < -0.39 is 17.8 Å². The number of hydrogen-bond acceptors (Lipinski definition) is 3. The number of esters is 1. The molecule has 2 N–H and O–H groups in total. The Labute approximate surface area is 150 Å². The van der Waals surface area contributed by atoms with E-state index in [0.29, 0.717) is 18.8 Å². The Morgan fingerprint density at radius 2 is 1.96 bits per heavy atom. The minimum Gasteiger partial charge on any atom is -0.466 e. The van der Waals surface area contributed by atoms with Crippen molar-refractivity contribution in [2.75, 3.05) is 25.0 Å². The van der Waals surface area contributed by atoms with Gasteiger partial charge in [0.2, 0.25) is 0 Å². The fourth-order valence-corrected chi connectivity index (χ4v) is 3.13. The van der Waals surface area contributed by atoms with E-state index >= 15 is 0 Å². The van der Waals surface area contributed by atoms with E-state index in [1.165, 1.54) is 12.1 Å². The molecule has 0 saturated carbocycles. The molecule has 1 fully saturated rings. The second kappa shape index (κ2) is 8.53. The average Bonchev–Trinajstić information content (AvgIpc) is 2.61. The first kappa shape index (κ1) is 20.2. The van der Waals surface area contributed by atoms with E-state index in [9.17, 15) is 22.8 Å². The minimum absolute atomic E-state index is 0.222. The summed E-state index contributed by atoms with van der Waals surface area (Å²) in [4.78, 5) is 25.3. The van der Waals surface area contributed by atoms with Gasteiger partial charge in [0, 0.05) is 5.69 Å². The number of amides is 1. The predicted molar refractivity (Wildman–Crippen MR) is 89.6 cm³/mol. The predicted octanol–water partition coefficient (Wildman–Crippen LogP) is 1.89. The van der Waals surface area contributed by atoms with Crippen LogP contribution in [0.25, 0.3) is 0 Å². The molecule has 0 radical (unpaired) electrons. The lowest BCUT2D eigenvalue weighted by atomic mass is 9.97. The Morgan fingerprint density at radius 3 is 2.54 bits per heavy atom.